The predicted molar refractivity (Wildman–Crippen MR) is 80.1 cm³/mol. The monoisotopic (exact) mass is 346 g/mol. The minimum absolute atomic E-state index is 0.0105. The second-order valence-electron chi connectivity index (χ2n) is 5.12. The van der Waals surface area contributed by atoms with Crippen LogP contribution in [-0.4, -0.2) is 17.5 Å². The van der Waals surface area contributed by atoms with Crippen molar-refractivity contribution >= 4 is 34.2 Å². The summed E-state index contributed by atoms with van der Waals surface area (Å²) in [6.07, 6.45) is 0. The third kappa shape index (κ3) is 5.39. The van der Waals surface area contributed by atoms with Crippen molar-refractivity contribution in [2.75, 3.05) is 5.32 Å². The Bertz CT molecular complexity index is 399. The van der Waals surface area contributed by atoms with E-state index in [-0.39, 0.29) is 17.5 Å². The Morgan fingerprint density at radius 2 is 2.00 bits per heavy atom. The average molecular weight is 346 g/mol. The molecular weight excluding hydrogens is 327 g/mol. The van der Waals surface area contributed by atoms with Crippen LogP contribution >= 0.6 is 22.6 Å². The van der Waals surface area contributed by atoms with Gasteiger partial charge in [-0.2, -0.15) is 0 Å². The van der Waals surface area contributed by atoms with Gasteiger partial charge in [-0.3, -0.25) is 4.79 Å². The number of anilines is 1. The molecule has 94 valence electrons. The molecule has 0 spiro atoms. The van der Waals surface area contributed by atoms with Gasteiger partial charge in [-0.25, -0.2) is 0 Å². The van der Waals surface area contributed by atoms with E-state index in [0.29, 0.717) is 0 Å². The van der Waals surface area contributed by atoms with E-state index in [1.54, 1.807) is 0 Å². The first-order chi connectivity index (χ1) is 7.78. The zero-order valence-corrected chi connectivity index (χ0v) is 12.8. The number of carbonyl (C=O) groups is 1. The fraction of sp³-hybridized carbons (Fsp3) is 0.462. The molecule has 1 aromatic carbocycles. The summed E-state index contributed by atoms with van der Waals surface area (Å²) in [5.41, 5.74) is 0.770. The first kappa shape index (κ1) is 14.3. The average Bonchev–Trinajstić information content (AvgIpc) is 2.14. The summed E-state index contributed by atoms with van der Waals surface area (Å²) < 4.78 is 1.15. The Balaban J connectivity index is 2.60. The van der Waals surface area contributed by atoms with E-state index in [2.05, 4.69) is 33.2 Å². The van der Waals surface area contributed by atoms with Gasteiger partial charge >= 0.3 is 0 Å². The topological polar surface area (TPSA) is 41.1 Å². The summed E-state index contributed by atoms with van der Waals surface area (Å²) in [5.74, 6) is 0.0105. The van der Waals surface area contributed by atoms with Crippen molar-refractivity contribution < 1.29 is 4.79 Å². The summed E-state index contributed by atoms with van der Waals surface area (Å²) >= 11 is 2.25. The Labute approximate surface area is 117 Å². The van der Waals surface area contributed by atoms with Gasteiger partial charge < -0.3 is 10.6 Å². The molecule has 0 aliphatic rings. The van der Waals surface area contributed by atoms with Crippen LogP contribution in [0.15, 0.2) is 24.3 Å². The molecule has 0 aliphatic carbocycles. The number of carbonyl (C=O) groups excluding carboxylic acids is 1. The van der Waals surface area contributed by atoms with Gasteiger partial charge in [0, 0.05) is 14.8 Å². The van der Waals surface area contributed by atoms with Crippen LogP contribution in [-0.2, 0) is 4.79 Å². The molecular formula is C13H19IN2O. The molecule has 0 fully saturated rings. The number of hydrogen-bond donors (Lipinski definition) is 2. The Morgan fingerprint density at radius 3 is 2.53 bits per heavy atom. The molecule has 0 aromatic heterocycles. The molecule has 0 saturated heterocycles. The van der Waals surface area contributed by atoms with Crippen LogP contribution in [0.3, 0.4) is 0 Å². The summed E-state index contributed by atoms with van der Waals surface area (Å²) in [6.45, 7) is 7.79. The third-order valence-corrected chi connectivity index (χ3v) is 2.77. The summed E-state index contributed by atoms with van der Waals surface area (Å²) in [7, 11) is 0. The number of nitrogens with one attached hydrogen (secondary N) is 2. The van der Waals surface area contributed by atoms with E-state index in [1.165, 1.54) is 0 Å². The number of hydrogen-bond acceptors (Lipinski definition) is 2. The number of benzene rings is 1. The smallest absolute Gasteiger partial charge is 0.242 e. The van der Waals surface area contributed by atoms with E-state index in [1.807, 2.05) is 52.0 Å². The fourth-order valence-corrected chi connectivity index (χ4v) is 1.91. The van der Waals surface area contributed by atoms with E-state index < -0.39 is 0 Å². The van der Waals surface area contributed by atoms with Crippen molar-refractivity contribution in [3.05, 3.63) is 27.8 Å². The van der Waals surface area contributed by atoms with Gasteiger partial charge in [0.25, 0.3) is 0 Å². The maximum atomic E-state index is 11.9. The molecule has 4 heteroatoms. The maximum absolute atomic E-state index is 11.9. The van der Waals surface area contributed by atoms with E-state index >= 15 is 0 Å². The van der Waals surface area contributed by atoms with Crippen LogP contribution in [0.25, 0.3) is 0 Å². The Morgan fingerprint density at radius 1 is 1.35 bits per heavy atom. The lowest BCUT2D eigenvalue weighted by molar-refractivity contribution is -0.122. The van der Waals surface area contributed by atoms with Crippen LogP contribution in [0.1, 0.15) is 27.7 Å². The van der Waals surface area contributed by atoms with Gasteiger partial charge in [-0.15, -0.1) is 0 Å². The summed E-state index contributed by atoms with van der Waals surface area (Å²) in [4.78, 5) is 11.9. The molecule has 1 unspecified atom stereocenters. The van der Waals surface area contributed by atoms with Gasteiger partial charge in [0.15, 0.2) is 0 Å². The minimum atomic E-state index is -0.243. The maximum Gasteiger partial charge on any atom is 0.242 e. The lowest BCUT2D eigenvalue weighted by atomic mass is 10.1. The van der Waals surface area contributed by atoms with Gasteiger partial charge in [-0.05, 0) is 68.5 Å². The van der Waals surface area contributed by atoms with Crippen molar-refractivity contribution in [3.63, 3.8) is 0 Å². The van der Waals surface area contributed by atoms with E-state index in [4.69, 9.17) is 0 Å². The van der Waals surface area contributed by atoms with Gasteiger partial charge in [-0.1, -0.05) is 6.07 Å². The molecule has 17 heavy (non-hydrogen) atoms. The van der Waals surface area contributed by atoms with Gasteiger partial charge in [0.1, 0.15) is 6.04 Å². The number of halogens is 1. The highest BCUT2D eigenvalue weighted by Gasteiger charge is 2.18. The second kappa shape index (κ2) is 5.71. The quantitative estimate of drug-likeness (QED) is 0.827. The van der Waals surface area contributed by atoms with Crippen molar-refractivity contribution in [2.24, 2.45) is 0 Å². The largest absolute Gasteiger partial charge is 0.374 e. The molecule has 0 aliphatic heterocycles. The molecule has 0 radical (unpaired) electrons. The van der Waals surface area contributed by atoms with Crippen LogP contribution in [0.5, 0.6) is 0 Å². The van der Waals surface area contributed by atoms with Gasteiger partial charge in [0.2, 0.25) is 5.91 Å². The molecule has 1 amide bonds. The second-order valence-corrected chi connectivity index (χ2v) is 6.36. The molecule has 0 bridgehead atoms. The Kier molecular flexibility index (Phi) is 4.80. The van der Waals surface area contributed by atoms with E-state index in [0.717, 1.165) is 9.26 Å². The number of rotatable bonds is 3. The zero-order chi connectivity index (χ0) is 13.1. The zero-order valence-electron chi connectivity index (χ0n) is 10.7. The standard InChI is InChI=1S/C13H19IN2O/c1-9(12(17)16-13(2,3)4)15-11-7-5-6-10(14)8-11/h5-9,15H,1-4H3,(H,16,17). The van der Waals surface area contributed by atoms with Gasteiger partial charge in [0.05, 0.1) is 0 Å². The van der Waals surface area contributed by atoms with E-state index in [9.17, 15) is 4.79 Å². The van der Waals surface area contributed by atoms with Crippen molar-refractivity contribution in [1.82, 2.24) is 5.32 Å². The van der Waals surface area contributed by atoms with Crippen LogP contribution in [0.4, 0.5) is 5.69 Å². The Hall–Kier alpha value is -0.780. The molecule has 0 saturated carbocycles. The molecule has 1 rings (SSSR count). The number of amides is 1. The molecule has 1 aromatic rings. The highest BCUT2D eigenvalue weighted by molar-refractivity contribution is 14.1. The van der Waals surface area contributed by atoms with Crippen LogP contribution < -0.4 is 10.6 Å². The first-order valence-corrected chi connectivity index (χ1v) is 6.70. The summed E-state index contributed by atoms with van der Waals surface area (Å²) in [6, 6.07) is 7.72. The highest BCUT2D eigenvalue weighted by Crippen LogP contribution is 2.13. The van der Waals surface area contributed by atoms with Crippen molar-refractivity contribution in [1.29, 1.82) is 0 Å². The van der Waals surface area contributed by atoms with Crippen LogP contribution in [0, 0.1) is 3.57 Å². The van der Waals surface area contributed by atoms with Crippen molar-refractivity contribution in [2.45, 2.75) is 39.3 Å². The molecule has 0 heterocycles. The molecule has 2 N–H and O–H groups in total. The minimum Gasteiger partial charge on any atom is -0.374 e. The third-order valence-electron chi connectivity index (χ3n) is 2.10. The van der Waals surface area contributed by atoms with Crippen molar-refractivity contribution in [3.8, 4) is 0 Å². The molecule has 1 atom stereocenters. The predicted octanol–water partition coefficient (Wildman–Crippen LogP) is 3.01. The molecule has 3 nitrogen and oxygen atoms in total. The highest BCUT2D eigenvalue weighted by atomic mass is 127. The first-order valence-electron chi connectivity index (χ1n) is 5.62. The van der Waals surface area contributed by atoms with Crippen LogP contribution in [0.2, 0.25) is 0 Å². The lowest BCUT2D eigenvalue weighted by Crippen LogP contribution is -2.47. The normalized spacial score (nSPS) is 13.0. The lowest BCUT2D eigenvalue weighted by Gasteiger charge is -2.24. The SMILES string of the molecule is CC(Nc1cccc(I)c1)C(=O)NC(C)(C)C. The summed E-state index contributed by atoms with van der Waals surface area (Å²) in [5, 5.41) is 6.14. The fourth-order valence-electron chi connectivity index (χ4n) is 1.37.